The Bertz CT molecular complexity index is 980. The summed E-state index contributed by atoms with van der Waals surface area (Å²) in [5.74, 6) is 0.737. The van der Waals surface area contributed by atoms with Gasteiger partial charge in [-0.25, -0.2) is 4.98 Å². The summed E-state index contributed by atoms with van der Waals surface area (Å²) in [6.45, 7) is 3.69. The average Bonchev–Trinajstić information content (AvgIpc) is 3.27. The van der Waals surface area contributed by atoms with E-state index in [0.717, 1.165) is 17.7 Å². The lowest BCUT2D eigenvalue weighted by Gasteiger charge is -2.36. The molecule has 3 heterocycles. The Morgan fingerprint density at radius 1 is 1.37 bits per heavy atom. The highest BCUT2D eigenvalue weighted by Gasteiger charge is 2.32. The fourth-order valence-electron chi connectivity index (χ4n) is 3.36. The van der Waals surface area contributed by atoms with Gasteiger partial charge in [-0.1, -0.05) is 29.8 Å². The van der Waals surface area contributed by atoms with E-state index < -0.39 is 0 Å². The molecule has 1 aliphatic rings. The summed E-state index contributed by atoms with van der Waals surface area (Å²) in [7, 11) is 1.82. The zero-order chi connectivity index (χ0) is 19.0. The van der Waals surface area contributed by atoms with E-state index in [1.807, 2.05) is 36.2 Å². The number of nitrogens with zero attached hydrogens (tertiary/aromatic N) is 4. The molecule has 0 saturated carbocycles. The van der Waals surface area contributed by atoms with Crippen molar-refractivity contribution in [1.29, 1.82) is 0 Å². The lowest BCUT2D eigenvalue weighted by molar-refractivity contribution is 0.0627. The van der Waals surface area contributed by atoms with Crippen LogP contribution in [0, 0.1) is 6.92 Å². The van der Waals surface area contributed by atoms with E-state index in [2.05, 4.69) is 15.4 Å². The van der Waals surface area contributed by atoms with Gasteiger partial charge in [-0.3, -0.25) is 9.48 Å². The van der Waals surface area contributed by atoms with Gasteiger partial charge < -0.3 is 14.6 Å². The second-order valence-electron chi connectivity index (χ2n) is 6.57. The van der Waals surface area contributed by atoms with Gasteiger partial charge in [0.25, 0.3) is 5.91 Å². The van der Waals surface area contributed by atoms with Gasteiger partial charge in [-0.2, -0.15) is 5.10 Å². The van der Waals surface area contributed by atoms with Crippen LogP contribution in [0.3, 0.4) is 0 Å². The van der Waals surface area contributed by atoms with Crippen molar-refractivity contribution >= 4 is 17.5 Å². The number of aryl methyl sites for hydroxylation is 2. The number of rotatable bonds is 3. The SMILES string of the molecule is Cc1oc(-c2cnn(C)c2)nc1C(=O)N1CCNCC1c1ccccc1Cl. The van der Waals surface area contributed by atoms with Gasteiger partial charge in [0.05, 0.1) is 17.8 Å². The van der Waals surface area contributed by atoms with Crippen molar-refractivity contribution in [2.75, 3.05) is 19.6 Å². The Hall–Kier alpha value is -2.64. The van der Waals surface area contributed by atoms with Crippen molar-refractivity contribution in [2.45, 2.75) is 13.0 Å². The van der Waals surface area contributed by atoms with Gasteiger partial charge >= 0.3 is 0 Å². The van der Waals surface area contributed by atoms with Crippen LogP contribution in [0.15, 0.2) is 41.1 Å². The molecular weight excluding hydrogens is 366 g/mol. The predicted octanol–water partition coefficient (Wildman–Crippen LogP) is 2.82. The Morgan fingerprint density at radius 3 is 2.93 bits per heavy atom. The molecule has 1 aliphatic heterocycles. The molecule has 3 aromatic rings. The highest BCUT2D eigenvalue weighted by atomic mass is 35.5. The van der Waals surface area contributed by atoms with Crippen LogP contribution in [0.1, 0.15) is 27.9 Å². The maximum atomic E-state index is 13.3. The van der Waals surface area contributed by atoms with Gasteiger partial charge in [0.2, 0.25) is 5.89 Å². The Kier molecular flexibility index (Phi) is 4.72. The molecular formula is C19H20ClN5O2. The predicted molar refractivity (Wildman–Crippen MR) is 102 cm³/mol. The van der Waals surface area contributed by atoms with Crippen molar-refractivity contribution in [1.82, 2.24) is 25.0 Å². The molecule has 7 nitrogen and oxygen atoms in total. The molecule has 1 saturated heterocycles. The molecule has 4 rings (SSSR count). The van der Waals surface area contributed by atoms with Crippen LogP contribution >= 0.6 is 11.6 Å². The summed E-state index contributed by atoms with van der Waals surface area (Å²) in [4.78, 5) is 19.5. The summed E-state index contributed by atoms with van der Waals surface area (Å²) in [5, 5.41) is 8.11. The van der Waals surface area contributed by atoms with Gasteiger partial charge in [0, 0.05) is 37.9 Å². The van der Waals surface area contributed by atoms with E-state index in [4.69, 9.17) is 16.0 Å². The molecule has 1 unspecified atom stereocenters. The fraction of sp³-hybridized carbons (Fsp3) is 0.316. The van der Waals surface area contributed by atoms with Crippen molar-refractivity contribution in [2.24, 2.45) is 7.05 Å². The van der Waals surface area contributed by atoms with Gasteiger partial charge in [0.1, 0.15) is 5.76 Å². The number of benzene rings is 1. The smallest absolute Gasteiger partial charge is 0.276 e. The Balaban J connectivity index is 1.66. The molecule has 2 aromatic heterocycles. The van der Waals surface area contributed by atoms with E-state index >= 15 is 0 Å². The summed E-state index contributed by atoms with van der Waals surface area (Å²) >= 11 is 6.38. The van der Waals surface area contributed by atoms with Crippen molar-refractivity contribution in [3.8, 4) is 11.5 Å². The second kappa shape index (κ2) is 7.17. The molecule has 1 N–H and O–H groups in total. The van der Waals surface area contributed by atoms with Crippen LogP contribution in [0.5, 0.6) is 0 Å². The first-order valence-electron chi connectivity index (χ1n) is 8.77. The third-order valence-corrected chi connectivity index (χ3v) is 5.06. The Morgan fingerprint density at radius 2 is 2.19 bits per heavy atom. The van der Waals surface area contributed by atoms with Crippen molar-refractivity contribution < 1.29 is 9.21 Å². The van der Waals surface area contributed by atoms with Gasteiger partial charge in [-0.15, -0.1) is 0 Å². The first kappa shape index (κ1) is 17.8. The summed E-state index contributed by atoms with van der Waals surface area (Å²) in [6, 6.07) is 7.46. The standard InChI is InChI=1S/C19H20ClN5O2/c1-12-17(23-18(27-12)13-9-22-24(2)11-13)19(26)25-8-7-21-10-16(25)14-5-3-4-6-15(14)20/h3-6,9,11,16,21H,7-8,10H2,1-2H3. The minimum Gasteiger partial charge on any atom is -0.440 e. The van der Waals surface area contributed by atoms with Crippen molar-refractivity contribution in [3.05, 3.63) is 58.7 Å². The van der Waals surface area contributed by atoms with Gasteiger partial charge in [-0.05, 0) is 18.6 Å². The number of nitrogens with one attached hydrogen (secondary N) is 1. The summed E-state index contributed by atoms with van der Waals surface area (Å²) in [6.07, 6.45) is 3.47. The maximum Gasteiger partial charge on any atom is 0.276 e. The topological polar surface area (TPSA) is 76.2 Å². The van der Waals surface area contributed by atoms with E-state index in [1.165, 1.54) is 0 Å². The number of hydrogen-bond acceptors (Lipinski definition) is 5. The van der Waals surface area contributed by atoms with E-state index in [9.17, 15) is 4.79 Å². The average molecular weight is 386 g/mol. The Labute approximate surface area is 161 Å². The molecule has 0 radical (unpaired) electrons. The van der Waals surface area contributed by atoms with Crippen LogP contribution in [-0.2, 0) is 7.05 Å². The van der Waals surface area contributed by atoms with E-state index in [0.29, 0.717) is 35.5 Å². The van der Waals surface area contributed by atoms with Crippen LogP contribution in [-0.4, -0.2) is 45.2 Å². The molecule has 140 valence electrons. The maximum absolute atomic E-state index is 13.3. The quantitative estimate of drug-likeness (QED) is 0.750. The van der Waals surface area contributed by atoms with Crippen LogP contribution < -0.4 is 5.32 Å². The van der Waals surface area contributed by atoms with Crippen LogP contribution in [0.25, 0.3) is 11.5 Å². The van der Waals surface area contributed by atoms with E-state index in [1.54, 1.807) is 24.0 Å². The normalized spacial score (nSPS) is 17.3. The number of carbonyl (C=O) groups is 1. The summed E-state index contributed by atoms with van der Waals surface area (Å²) in [5.41, 5.74) is 1.99. The fourth-order valence-corrected chi connectivity index (χ4v) is 3.62. The zero-order valence-electron chi connectivity index (χ0n) is 15.1. The molecule has 27 heavy (non-hydrogen) atoms. The largest absolute Gasteiger partial charge is 0.440 e. The third kappa shape index (κ3) is 3.36. The lowest BCUT2D eigenvalue weighted by Crippen LogP contribution is -2.49. The molecule has 1 amide bonds. The monoisotopic (exact) mass is 385 g/mol. The highest BCUT2D eigenvalue weighted by Crippen LogP contribution is 2.30. The molecule has 1 atom stereocenters. The van der Waals surface area contributed by atoms with Crippen LogP contribution in [0.2, 0.25) is 5.02 Å². The first-order valence-corrected chi connectivity index (χ1v) is 9.15. The molecule has 1 fully saturated rings. The number of hydrogen-bond donors (Lipinski definition) is 1. The molecule has 8 heteroatoms. The first-order chi connectivity index (χ1) is 13.0. The van der Waals surface area contributed by atoms with E-state index in [-0.39, 0.29) is 11.9 Å². The molecule has 0 spiro atoms. The number of oxazole rings is 1. The molecule has 0 bridgehead atoms. The third-order valence-electron chi connectivity index (χ3n) is 4.72. The molecule has 1 aromatic carbocycles. The van der Waals surface area contributed by atoms with Gasteiger partial charge in [0.15, 0.2) is 5.69 Å². The highest BCUT2D eigenvalue weighted by molar-refractivity contribution is 6.31. The minimum atomic E-state index is -0.155. The number of carbonyl (C=O) groups excluding carboxylic acids is 1. The van der Waals surface area contributed by atoms with Crippen molar-refractivity contribution in [3.63, 3.8) is 0 Å². The zero-order valence-corrected chi connectivity index (χ0v) is 15.9. The number of aromatic nitrogens is 3. The molecule has 0 aliphatic carbocycles. The number of halogens is 1. The number of piperazine rings is 1. The lowest BCUT2D eigenvalue weighted by atomic mass is 10.0. The summed E-state index contributed by atoms with van der Waals surface area (Å²) < 4.78 is 7.40. The number of amides is 1. The van der Waals surface area contributed by atoms with Crippen LogP contribution in [0.4, 0.5) is 0 Å². The second-order valence-corrected chi connectivity index (χ2v) is 6.97. The minimum absolute atomic E-state index is 0.155.